The van der Waals surface area contributed by atoms with Crippen LogP contribution in [0, 0.1) is 23.3 Å². The Kier molecular flexibility index (Phi) is 10.5. The summed E-state index contributed by atoms with van der Waals surface area (Å²) in [6.07, 6.45) is 3.95. The van der Waals surface area contributed by atoms with Crippen LogP contribution in [0.25, 0.3) is 10.6 Å². The summed E-state index contributed by atoms with van der Waals surface area (Å²) < 4.78 is 86.5. The Bertz CT molecular complexity index is 2030. The zero-order valence-electron chi connectivity index (χ0n) is 26.0. The molecular weight excluding hydrogens is 679 g/mol. The first-order valence-electron chi connectivity index (χ1n) is 15.5. The first-order chi connectivity index (χ1) is 23.6. The molecule has 0 bridgehead atoms. The van der Waals surface area contributed by atoms with Gasteiger partial charge in [-0.1, -0.05) is 18.2 Å². The second-order valence-electron chi connectivity index (χ2n) is 11.6. The molecule has 14 heteroatoms. The summed E-state index contributed by atoms with van der Waals surface area (Å²) in [6.45, 7) is 1.01. The molecule has 3 aromatic heterocycles. The fourth-order valence-electron chi connectivity index (χ4n) is 5.95. The minimum Gasteiger partial charge on any atom is -0.324 e. The number of hydrogen-bond acceptors (Lipinski definition) is 7. The van der Waals surface area contributed by atoms with Gasteiger partial charge in [-0.3, -0.25) is 14.8 Å². The van der Waals surface area contributed by atoms with E-state index < -0.39 is 51.2 Å². The first kappa shape index (κ1) is 34.4. The molecule has 1 aliphatic rings. The minimum atomic E-state index is -3.89. The Morgan fingerprint density at radius 2 is 1.73 bits per heavy atom. The standard InChI is InChI=1S/C35H31F4N5O3S2/c36-24-6-4-22(5-7-24)29(23-15-25(37)17-26(38)16-23)18-34(45)43-32-21-41-20-30(39)28(32)9-8-27-19-40-13-14-44(27)49(46,47)35-11-10-33(48-35)31-3-1-2-12-42-31/h1-7,10-12,15-17,20-21,27,29,40H,8-9,13-14,18-19H2,(H,43,45)/t27-,29-/m0/s1. The first-order valence-corrected chi connectivity index (χ1v) is 17.7. The average molecular weight is 710 g/mol. The highest BCUT2D eigenvalue weighted by Crippen LogP contribution is 2.34. The summed E-state index contributed by atoms with van der Waals surface area (Å²) in [6, 6.07) is 16.3. The van der Waals surface area contributed by atoms with E-state index in [-0.39, 0.29) is 46.8 Å². The zero-order valence-corrected chi connectivity index (χ0v) is 27.6. The van der Waals surface area contributed by atoms with Crippen molar-refractivity contribution >= 4 is 33.0 Å². The summed E-state index contributed by atoms with van der Waals surface area (Å²) >= 11 is 1.13. The summed E-state index contributed by atoms with van der Waals surface area (Å²) in [5, 5.41) is 5.90. The Balaban J connectivity index is 1.19. The molecule has 0 saturated carbocycles. The van der Waals surface area contributed by atoms with Crippen molar-refractivity contribution in [1.29, 1.82) is 0 Å². The van der Waals surface area contributed by atoms with Crippen LogP contribution in [-0.2, 0) is 21.2 Å². The topological polar surface area (TPSA) is 104 Å². The molecular formula is C35H31F4N5O3S2. The second-order valence-corrected chi connectivity index (χ2v) is 14.8. The zero-order chi connectivity index (χ0) is 34.5. The maximum absolute atomic E-state index is 15.2. The van der Waals surface area contributed by atoms with Gasteiger partial charge in [0.25, 0.3) is 10.0 Å². The molecule has 8 nitrogen and oxygen atoms in total. The molecule has 0 radical (unpaired) electrons. The number of nitrogens with one attached hydrogen (secondary N) is 2. The smallest absolute Gasteiger partial charge is 0.252 e. The van der Waals surface area contributed by atoms with Crippen molar-refractivity contribution in [2.24, 2.45) is 0 Å². The number of amides is 1. The number of carbonyl (C=O) groups is 1. The van der Waals surface area contributed by atoms with Crippen molar-refractivity contribution in [3.63, 3.8) is 0 Å². The van der Waals surface area contributed by atoms with Gasteiger partial charge in [0.2, 0.25) is 5.91 Å². The number of nitrogens with zero attached hydrogens (tertiary/aromatic N) is 3. The van der Waals surface area contributed by atoms with Crippen LogP contribution in [-0.4, -0.2) is 54.3 Å². The van der Waals surface area contributed by atoms with Crippen molar-refractivity contribution in [2.75, 3.05) is 25.0 Å². The molecule has 1 aliphatic heterocycles. The predicted molar refractivity (Wildman–Crippen MR) is 178 cm³/mol. The van der Waals surface area contributed by atoms with E-state index in [0.717, 1.165) is 29.7 Å². The van der Waals surface area contributed by atoms with E-state index in [9.17, 15) is 26.4 Å². The van der Waals surface area contributed by atoms with Crippen LogP contribution >= 0.6 is 11.3 Å². The molecule has 0 spiro atoms. The molecule has 2 N–H and O–H groups in total. The van der Waals surface area contributed by atoms with Gasteiger partial charge in [-0.2, -0.15) is 4.31 Å². The molecule has 49 heavy (non-hydrogen) atoms. The van der Waals surface area contributed by atoms with Gasteiger partial charge in [-0.15, -0.1) is 11.3 Å². The number of pyridine rings is 2. The molecule has 5 aromatic rings. The van der Waals surface area contributed by atoms with Crippen molar-refractivity contribution in [3.05, 3.63) is 131 Å². The van der Waals surface area contributed by atoms with Crippen molar-refractivity contribution in [1.82, 2.24) is 19.6 Å². The second kappa shape index (κ2) is 14.9. The lowest BCUT2D eigenvalue weighted by Crippen LogP contribution is -2.53. The lowest BCUT2D eigenvalue weighted by atomic mass is 9.88. The highest BCUT2D eigenvalue weighted by molar-refractivity contribution is 7.91. The van der Waals surface area contributed by atoms with Crippen LogP contribution < -0.4 is 10.6 Å². The van der Waals surface area contributed by atoms with Crippen molar-refractivity contribution < 1.29 is 30.8 Å². The van der Waals surface area contributed by atoms with E-state index in [4.69, 9.17) is 0 Å². The third-order valence-electron chi connectivity index (χ3n) is 8.31. The van der Waals surface area contributed by atoms with Crippen LogP contribution in [0.3, 0.4) is 0 Å². The number of anilines is 1. The highest BCUT2D eigenvalue weighted by atomic mass is 32.2. The van der Waals surface area contributed by atoms with Crippen LogP contribution in [0.2, 0.25) is 0 Å². The number of hydrogen-bond donors (Lipinski definition) is 2. The Hall–Kier alpha value is -4.50. The molecule has 0 unspecified atom stereocenters. The fourth-order valence-corrected chi connectivity index (χ4v) is 9.01. The summed E-state index contributed by atoms with van der Waals surface area (Å²) in [4.78, 5) is 22.3. The van der Waals surface area contributed by atoms with Gasteiger partial charge in [0.1, 0.15) is 27.5 Å². The average Bonchev–Trinajstić information content (AvgIpc) is 3.59. The SMILES string of the molecule is O=C(C[C@@H](c1ccc(F)cc1)c1cc(F)cc(F)c1)Nc1cncc(F)c1CC[C@H]1CNCCN1S(=O)(=O)c1ccc(-c2ccccn2)s1. The number of aromatic nitrogens is 2. The Labute approximate surface area is 284 Å². The largest absolute Gasteiger partial charge is 0.324 e. The Morgan fingerprint density at radius 3 is 2.47 bits per heavy atom. The molecule has 2 aromatic carbocycles. The summed E-state index contributed by atoms with van der Waals surface area (Å²) in [5.74, 6) is -4.32. The van der Waals surface area contributed by atoms with Crippen LogP contribution in [0.4, 0.5) is 23.2 Å². The third kappa shape index (κ3) is 8.05. The highest BCUT2D eigenvalue weighted by Gasteiger charge is 2.35. The number of halogens is 4. The van der Waals surface area contributed by atoms with Crippen molar-refractivity contribution in [2.45, 2.75) is 35.4 Å². The number of carbonyl (C=O) groups excluding carboxylic acids is 1. The van der Waals surface area contributed by atoms with Gasteiger partial charge in [-0.05, 0) is 72.5 Å². The summed E-state index contributed by atoms with van der Waals surface area (Å²) in [7, 11) is -3.89. The van der Waals surface area contributed by atoms with Crippen LogP contribution in [0.1, 0.15) is 35.4 Å². The van der Waals surface area contributed by atoms with Gasteiger partial charge in [0.05, 0.1) is 28.7 Å². The normalized spacial score (nSPS) is 16.0. The van der Waals surface area contributed by atoms with E-state index in [1.807, 2.05) is 6.07 Å². The Morgan fingerprint density at radius 1 is 0.959 bits per heavy atom. The number of rotatable bonds is 11. The van der Waals surface area contributed by atoms with Gasteiger partial charge < -0.3 is 10.6 Å². The molecule has 1 saturated heterocycles. The van der Waals surface area contributed by atoms with E-state index >= 15 is 4.39 Å². The number of thiophene rings is 1. The van der Waals surface area contributed by atoms with Crippen LogP contribution in [0.5, 0.6) is 0 Å². The molecule has 4 heterocycles. The quantitative estimate of drug-likeness (QED) is 0.152. The molecule has 0 aliphatic carbocycles. The predicted octanol–water partition coefficient (Wildman–Crippen LogP) is 6.52. The number of sulfonamides is 1. The molecule has 2 atom stereocenters. The van der Waals surface area contributed by atoms with E-state index in [1.165, 1.54) is 34.8 Å². The molecule has 1 amide bonds. The molecule has 6 rings (SSSR count). The number of benzene rings is 2. The third-order valence-corrected chi connectivity index (χ3v) is 11.8. The maximum atomic E-state index is 15.2. The lowest BCUT2D eigenvalue weighted by Gasteiger charge is -2.35. The van der Waals surface area contributed by atoms with Gasteiger partial charge in [0.15, 0.2) is 0 Å². The fraction of sp³-hybridized carbons (Fsp3) is 0.229. The van der Waals surface area contributed by atoms with Gasteiger partial charge >= 0.3 is 0 Å². The minimum absolute atomic E-state index is 0.0719. The monoisotopic (exact) mass is 709 g/mol. The molecule has 1 fully saturated rings. The van der Waals surface area contributed by atoms with E-state index in [0.29, 0.717) is 35.3 Å². The lowest BCUT2D eigenvalue weighted by molar-refractivity contribution is -0.116. The molecule has 254 valence electrons. The van der Waals surface area contributed by atoms with E-state index in [1.54, 1.807) is 30.5 Å². The van der Waals surface area contributed by atoms with E-state index in [2.05, 4.69) is 20.6 Å². The van der Waals surface area contributed by atoms with Gasteiger partial charge in [-0.25, -0.2) is 26.0 Å². The number of piperazine rings is 1. The summed E-state index contributed by atoms with van der Waals surface area (Å²) in [5.41, 5.74) is 1.50. The maximum Gasteiger partial charge on any atom is 0.252 e. The van der Waals surface area contributed by atoms with Crippen LogP contribution in [0.15, 0.2) is 95.6 Å². The van der Waals surface area contributed by atoms with Gasteiger partial charge in [0, 0.05) is 55.8 Å². The van der Waals surface area contributed by atoms with Crippen molar-refractivity contribution in [3.8, 4) is 10.6 Å².